The zero-order valence-corrected chi connectivity index (χ0v) is 16.2. The first-order valence-electron chi connectivity index (χ1n) is 9.73. The highest BCUT2D eigenvalue weighted by Gasteiger charge is 2.27. The fourth-order valence-electron chi connectivity index (χ4n) is 3.78. The first-order chi connectivity index (χ1) is 13.0. The number of nitrogens with two attached hydrogens (primary N) is 1. The molecule has 1 aliphatic heterocycles. The molecule has 6 nitrogen and oxygen atoms in total. The number of hydrogen-bond donors (Lipinski definition) is 2. The van der Waals surface area contributed by atoms with Gasteiger partial charge in [-0.15, -0.1) is 0 Å². The van der Waals surface area contributed by atoms with Gasteiger partial charge in [0, 0.05) is 43.0 Å². The molecule has 3 rings (SSSR count). The van der Waals surface area contributed by atoms with Gasteiger partial charge in [-0.05, 0) is 44.2 Å². The lowest BCUT2D eigenvalue weighted by Crippen LogP contribution is -2.50. The van der Waals surface area contributed by atoms with Crippen LogP contribution in [0, 0.1) is 13.8 Å². The Balaban J connectivity index is 1.70. The molecule has 0 bridgehead atoms. The molecule has 1 aromatic heterocycles. The van der Waals surface area contributed by atoms with Crippen LogP contribution in [0.1, 0.15) is 42.4 Å². The second-order valence-electron chi connectivity index (χ2n) is 7.40. The van der Waals surface area contributed by atoms with E-state index in [1.807, 2.05) is 17.9 Å². The summed E-state index contributed by atoms with van der Waals surface area (Å²) in [6, 6.07) is 4.15. The number of carbonyl (C=O) groups is 2. The minimum Gasteiger partial charge on any atom is -0.464 e. The van der Waals surface area contributed by atoms with E-state index in [-0.39, 0.29) is 17.9 Å². The number of carbonyl (C=O) groups excluding carboxylic acids is 2. The summed E-state index contributed by atoms with van der Waals surface area (Å²) in [7, 11) is 0. The quantitative estimate of drug-likeness (QED) is 0.816. The molecule has 1 atom stereocenters. The molecule has 0 radical (unpaired) electrons. The molecule has 0 saturated carbocycles. The lowest BCUT2D eigenvalue weighted by molar-refractivity contribution is -0.134. The zero-order chi connectivity index (χ0) is 19.4. The summed E-state index contributed by atoms with van der Waals surface area (Å²) in [6.07, 6.45) is 5.34. The van der Waals surface area contributed by atoms with Gasteiger partial charge in [-0.2, -0.15) is 0 Å². The normalized spacial score (nSPS) is 17.3. The smallest absolute Gasteiger partial charge is 0.227 e. The topological polar surface area (TPSA) is 88.6 Å². The fraction of sp³-hybridized carbons (Fsp3) is 0.524. The van der Waals surface area contributed by atoms with Gasteiger partial charge in [0.05, 0.1) is 12.7 Å². The Kier molecular flexibility index (Phi) is 6.16. The van der Waals surface area contributed by atoms with E-state index in [0.717, 1.165) is 47.9 Å². The first kappa shape index (κ1) is 19.4. The van der Waals surface area contributed by atoms with Crippen molar-refractivity contribution in [3.63, 3.8) is 0 Å². The standard InChI is InChI=1S/C21H29N3O3/c1-14-6-7-18-16(13-27-21(18)15(14)2)11-20(26)24-10-4-3-5-17(24)12-23-19(25)8-9-22/h6-7,13,17H,3-5,8-12,22H2,1-2H3,(H,23,25). The second kappa shape index (κ2) is 8.57. The third-order valence-corrected chi connectivity index (χ3v) is 5.54. The minimum atomic E-state index is -0.0536. The van der Waals surface area contributed by atoms with Crippen LogP contribution in [0.5, 0.6) is 0 Å². The predicted octanol–water partition coefficient (Wildman–Crippen LogP) is 2.44. The third-order valence-electron chi connectivity index (χ3n) is 5.54. The van der Waals surface area contributed by atoms with Crippen LogP contribution >= 0.6 is 0 Å². The van der Waals surface area contributed by atoms with Gasteiger partial charge < -0.3 is 20.4 Å². The van der Waals surface area contributed by atoms with Gasteiger partial charge in [0.15, 0.2) is 0 Å². The fourth-order valence-corrected chi connectivity index (χ4v) is 3.78. The summed E-state index contributed by atoms with van der Waals surface area (Å²) < 4.78 is 5.74. The van der Waals surface area contributed by atoms with Crippen molar-refractivity contribution in [2.75, 3.05) is 19.6 Å². The number of amides is 2. The number of fused-ring (bicyclic) bond motifs is 1. The monoisotopic (exact) mass is 371 g/mol. The van der Waals surface area contributed by atoms with Crippen molar-refractivity contribution in [1.29, 1.82) is 0 Å². The van der Waals surface area contributed by atoms with Crippen LogP contribution in [-0.2, 0) is 16.0 Å². The van der Waals surface area contributed by atoms with Crippen LogP contribution in [-0.4, -0.2) is 42.4 Å². The van der Waals surface area contributed by atoms with Gasteiger partial charge in [0.1, 0.15) is 5.58 Å². The van der Waals surface area contributed by atoms with Crippen LogP contribution in [0.15, 0.2) is 22.8 Å². The van der Waals surface area contributed by atoms with Gasteiger partial charge in [-0.3, -0.25) is 9.59 Å². The van der Waals surface area contributed by atoms with Crippen molar-refractivity contribution in [3.8, 4) is 0 Å². The molecule has 2 amide bonds. The number of nitrogens with one attached hydrogen (secondary N) is 1. The second-order valence-corrected chi connectivity index (χ2v) is 7.40. The lowest BCUT2D eigenvalue weighted by atomic mass is 9.99. The molecule has 146 valence electrons. The van der Waals surface area contributed by atoms with E-state index < -0.39 is 0 Å². The first-order valence-corrected chi connectivity index (χ1v) is 9.73. The molecular weight excluding hydrogens is 342 g/mol. The molecule has 1 aliphatic rings. The highest BCUT2D eigenvalue weighted by Crippen LogP contribution is 2.27. The molecule has 1 aromatic carbocycles. The van der Waals surface area contributed by atoms with Gasteiger partial charge in [0.2, 0.25) is 11.8 Å². The van der Waals surface area contributed by atoms with E-state index in [9.17, 15) is 9.59 Å². The molecule has 1 saturated heterocycles. The Bertz CT molecular complexity index is 827. The molecule has 1 unspecified atom stereocenters. The molecule has 27 heavy (non-hydrogen) atoms. The molecular formula is C21H29N3O3. The summed E-state index contributed by atoms with van der Waals surface area (Å²) in [5.74, 6) is 0.0378. The van der Waals surface area contributed by atoms with Crippen molar-refractivity contribution < 1.29 is 14.0 Å². The van der Waals surface area contributed by atoms with E-state index in [4.69, 9.17) is 10.2 Å². The highest BCUT2D eigenvalue weighted by atomic mass is 16.3. The highest BCUT2D eigenvalue weighted by molar-refractivity contribution is 5.89. The Morgan fingerprint density at radius 1 is 1.30 bits per heavy atom. The summed E-state index contributed by atoms with van der Waals surface area (Å²) in [5.41, 5.74) is 9.50. The molecule has 6 heteroatoms. The number of aryl methyl sites for hydroxylation is 2. The lowest BCUT2D eigenvalue weighted by Gasteiger charge is -2.36. The number of likely N-dealkylation sites (tertiary alicyclic amines) is 1. The molecule has 0 aliphatic carbocycles. The number of furan rings is 1. The van der Waals surface area contributed by atoms with Crippen molar-refractivity contribution >= 4 is 22.8 Å². The van der Waals surface area contributed by atoms with E-state index in [0.29, 0.717) is 25.9 Å². The van der Waals surface area contributed by atoms with Gasteiger partial charge in [-0.25, -0.2) is 0 Å². The zero-order valence-electron chi connectivity index (χ0n) is 16.2. The van der Waals surface area contributed by atoms with E-state index in [2.05, 4.69) is 18.3 Å². The van der Waals surface area contributed by atoms with Gasteiger partial charge in [0.25, 0.3) is 0 Å². The average molecular weight is 371 g/mol. The SMILES string of the molecule is Cc1ccc2c(CC(=O)N3CCCCC3CNC(=O)CCN)coc2c1C. The maximum absolute atomic E-state index is 13.0. The summed E-state index contributed by atoms with van der Waals surface area (Å²) in [6.45, 7) is 5.67. The van der Waals surface area contributed by atoms with Crippen molar-refractivity contribution in [3.05, 3.63) is 35.1 Å². The Hall–Kier alpha value is -2.34. The van der Waals surface area contributed by atoms with Crippen molar-refractivity contribution in [2.24, 2.45) is 5.73 Å². The van der Waals surface area contributed by atoms with Crippen LogP contribution in [0.4, 0.5) is 0 Å². The molecule has 0 spiro atoms. The van der Waals surface area contributed by atoms with Crippen LogP contribution in [0.25, 0.3) is 11.0 Å². The molecule has 2 heterocycles. The minimum absolute atomic E-state index is 0.0510. The van der Waals surface area contributed by atoms with Gasteiger partial charge >= 0.3 is 0 Å². The van der Waals surface area contributed by atoms with Crippen molar-refractivity contribution in [2.45, 2.75) is 52.0 Å². The predicted molar refractivity (Wildman–Crippen MR) is 105 cm³/mol. The number of piperidine rings is 1. The van der Waals surface area contributed by atoms with Crippen molar-refractivity contribution in [1.82, 2.24) is 10.2 Å². The summed E-state index contributed by atoms with van der Waals surface area (Å²) >= 11 is 0. The van der Waals surface area contributed by atoms with Crippen LogP contribution in [0.2, 0.25) is 0 Å². The number of rotatable bonds is 6. The average Bonchev–Trinajstić information content (AvgIpc) is 3.07. The molecule has 2 aromatic rings. The number of hydrogen-bond acceptors (Lipinski definition) is 4. The van der Waals surface area contributed by atoms with E-state index in [1.54, 1.807) is 6.26 Å². The van der Waals surface area contributed by atoms with Crippen LogP contribution in [0.3, 0.4) is 0 Å². The van der Waals surface area contributed by atoms with Gasteiger partial charge in [-0.1, -0.05) is 12.1 Å². The number of nitrogens with zero attached hydrogens (tertiary/aromatic N) is 1. The summed E-state index contributed by atoms with van der Waals surface area (Å²) in [5, 5.41) is 3.92. The molecule has 3 N–H and O–H groups in total. The third kappa shape index (κ3) is 4.33. The Morgan fingerprint density at radius 2 is 2.11 bits per heavy atom. The maximum atomic E-state index is 13.0. The van der Waals surface area contributed by atoms with E-state index in [1.165, 1.54) is 5.56 Å². The molecule has 1 fully saturated rings. The Morgan fingerprint density at radius 3 is 2.89 bits per heavy atom. The largest absolute Gasteiger partial charge is 0.464 e. The maximum Gasteiger partial charge on any atom is 0.227 e. The van der Waals surface area contributed by atoms with Crippen LogP contribution < -0.4 is 11.1 Å². The summed E-state index contributed by atoms with van der Waals surface area (Å²) in [4.78, 5) is 26.6. The van der Waals surface area contributed by atoms with E-state index >= 15 is 0 Å². The Labute approximate surface area is 160 Å². The number of benzene rings is 1.